The van der Waals surface area contributed by atoms with Crippen LogP contribution in [0.2, 0.25) is 0 Å². The second-order valence-corrected chi connectivity index (χ2v) is 6.40. The molecule has 1 aromatic heterocycles. The molecule has 1 atom stereocenters. The van der Waals surface area contributed by atoms with Crippen LogP contribution in [0.25, 0.3) is 0 Å². The van der Waals surface area contributed by atoms with Gasteiger partial charge in [0.05, 0.1) is 16.4 Å². The van der Waals surface area contributed by atoms with Crippen LogP contribution in [0.4, 0.5) is 11.6 Å². The smallest absolute Gasteiger partial charge is 0.305 e. The van der Waals surface area contributed by atoms with Crippen molar-refractivity contribution >= 4 is 21.5 Å². The van der Waals surface area contributed by atoms with E-state index in [4.69, 9.17) is 0 Å². The molecule has 2 heterocycles. The highest BCUT2D eigenvalue weighted by Gasteiger charge is 2.27. The molecule has 18 heavy (non-hydrogen) atoms. The second kappa shape index (κ2) is 4.84. The SMILES string of the molecule is O=[N+]([O-])c1cnc(NCC2CCS(=O)(=O)C2)nc1. The molecule has 0 aromatic carbocycles. The normalized spacial score (nSPS) is 21.7. The Morgan fingerprint density at radius 3 is 2.61 bits per heavy atom. The number of hydrogen-bond acceptors (Lipinski definition) is 7. The molecule has 1 aliphatic heterocycles. The van der Waals surface area contributed by atoms with E-state index in [9.17, 15) is 18.5 Å². The first-order chi connectivity index (χ1) is 8.46. The van der Waals surface area contributed by atoms with Crippen molar-refractivity contribution in [2.75, 3.05) is 23.4 Å². The van der Waals surface area contributed by atoms with Gasteiger partial charge in [0.1, 0.15) is 12.4 Å². The van der Waals surface area contributed by atoms with Gasteiger partial charge >= 0.3 is 5.69 Å². The van der Waals surface area contributed by atoms with Crippen LogP contribution in [0, 0.1) is 16.0 Å². The topological polar surface area (TPSA) is 115 Å². The fourth-order valence-corrected chi connectivity index (χ4v) is 3.64. The zero-order valence-corrected chi connectivity index (χ0v) is 10.3. The van der Waals surface area contributed by atoms with Crippen LogP contribution in [0.1, 0.15) is 6.42 Å². The minimum absolute atomic E-state index is 0.0498. The highest BCUT2D eigenvalue weighted by atomic mass is 32.2. The number of nitro groups is 1. The van der Waals surface area contributed by atoms with Gasteiger partial charge < -0.3 is 5.32 Å². The molecule has 0 bridgehead atoms. The van der Waals surface area contributed by atoms with Crippen LogP contribution in [0.15, 0.2) is 12.4 Å². The molecule has 1 N–H and O–H groups in total. The monoisotopic (exact) mass is 272 g/mol. The summed E-state index contributed by atoms with van der Waals surface area (Å²) in [5.74, 6) is 0.715. The molecule has 0 saturated carbocycles. The molecular formula is C9H12N4O4S. The predicted octanol–water partition coefficient (Wildman–Crippen LogP) is 0.231. The summed E-state index contributed by atoms with van der Waals surface area (Å²) < 4.78 is 22.5. The second-order valence-electron chi connectivity index (χ2n) is 4.17. The molecule has 98 valence electrons. The average molecular weight is 272 g/mol. The van der Waals surface area contributed by atoms with Gasteiger partial charge in [-0.05, 0) is 12.3 Å². The molecule has 0 radical (unpaired) electrons. The van der Waals surface area contributed by atoms with Crippen LogP contribution >= 0.6 is 0 Å². The maximum Gasteiger partial charge on any atom is 0.305 e. The van der Waals surface area contributed by atoms with Crippen molar-refractivity contribution in [3.63, 3.8) is 0 Å². The van der Waals surface area contributed by atoms with Gasteiger partial charge in [-0.1, -0.05) is 0 Å². The van der Waals surface area contributed by atoms with E-state index in [-0.39, 0.29) is 29.1 Å². The Morgan fingerprint density at radius 2 is 2.11 bits per heavy atom. The van der Waals surface area contributed by atoms with Crippen molar-refractivity contribution in [1.82, 2.24) is 9.97 Å². The lowest BCUT2D eigenvalue weighted by Gasteiger charge is -2.08. The zero-order chi connectivity index (χ0) is 13.2. The largest absolute Gasteiger partial charge is 0.354 e. The Balaban J connectivity index is 1.89. The van der Waals surface area contributed by atoms with E-state index in [1.54, 1.807) is 0 Å². The van der Waals surface area contributed by atoms with Crippen LogP contribution in [-0.4, -0.2) is 41.4 Å². The van der Waals surface area contributed by atoms with E-state index in [0.717, 1.165) is 12.4 Å². The molecule has 9 heteroatoms. The number of nitrogens with zero attached hydrogens (tertiary/aromatic N) is 3. The number of hydrogen-bond donors (Lipinski definition) is 1. The van der Waals surface area contributed by atoms with Gasteiger partial charge in [-0.25, -0.2) is 18.4 Å². The van der Waals surface area contributed by atoms with Gasteiger partial charge in [-0.3, -0.25) is 10.1 Å². The number of anilines is 1. The lowest BCUT2D eigenvalue weighted by atomic mass is 10.1. The highest BCUT2D eigenvalue weighted by Crippen LogP contribution is 2.18. The molecule has 2 rings (SSSR count). The number of nitrogens with one attached hydrogen (secondary N) is 1. The van der Waals surface area contributed by atoms with Crippen molar-refractivity contribution < 1.29 is 13.3 Å². The summed E-state index contributed by atoms with van der Waals surface area (Å²) in [7, 11) is -2.89. The Kier molecular flexibility index (Phi) is 3.41. The maximum atomic E-state index is 11.2. The molecule has 8 nitrogen and oxygen atoms in total. The Morgan fingerprint density at radius 1 is 1.44 bits per heavy atom. The number of sulfone groups is 1. The molecule has 1 unspecified atom stereocenters. The fraction of sp³-hybridized carbons (Fsp3) is 0.556. The Hall–Kier alpha value is -1.77. The van der Waals surface area contributed by atoms with E-state index in [1.165, 1.54) is 0 Å². The maximum absolute atomic E-state index is 11.2. The molecular weight excluding hydrogens is 260 g/mol. The molecule has 1 aliphatic rings. The van der Waals surface area contributed by atoms with Crippen LogP contribution in [-0.2, 0) is 9.84 Å². The lowest BCUT2D eigenvalue weighted by Crippen LogP contribution is -2.16. The van der Waals surface area contributed by atoms with Crippen LogP contribution in [0.3, 0.4) is 0 Å². The molecule has 1 fully saturated rings. The van der Waals surface area contributed by atoms with Crippen molar-refractivity contribution in [3.8, 4) is 0 Å². The first-order valence-corrected chi connectivity index (χ1v) is 7.19. The summed E-state index contributed by atoms with van der Waals surface area (Å²) >= 11 is 0. The van der Waals surface area contributed by atoms with Crippen LogP contribution in [0.5, 0.6) is 0 Å². The summed E-state index contributed by atoms with van der Waals surface area (Å²) in [4.78, 5) is 17.4. The predicted molar refractivity (Wildman–Crippen MR) is 63.9 cm³/mol. The molecule has 1 aromatic rings. The third kappa shape index (κ3) is 3.13. The molecule has 0 spiro atoms. The Labute approximate surface area is 104 Å². The van der Waals surface area contributed by atoms with E-state index < -0.39 is 14.8 Å². The molecule has 0 aliphatic carbocycles. The van der Waals surface area contributed by atoms with Gasteiger partial charge in [-0.2, -0.15) is 0 Å². The zero-order valence-electron chi connectivity index (χ0n) is 9.44. The minimum Gasteiger partial charge on any atom is -0.354 e. The number of rotatable bonds is 4. The van der Waals surface area contributed by atoms with Crippen molar-refractivity contribution in [3.05, 3.63) is 22.5 Å². The molecule has 0 amide bonds. The summed E-state index contributed by atoms with van der Waals surface area (Å²) in [6.07, 6.45) is 2.85. The lowest BCUT2D eigenvalue weighted by molar-refractivity contribution is -0.385. The van der Waals surface area contributed by atoms with E-state index in [0.29, 0.717) is 13.0 Å². The van der Waals surface area contributed by atoms with E-state index in [2.05, 4.69) is 15.3 Å². The van der Waals surface area contributed by atoms with E-state index in [1.807, 2.05) is 0 Å². The average Bonchev–Trinajstić information content (AvgIpc) is 2.67. The van der Waals surface area contributed by atoms with Crippen molar-refractivity contribution in [2.45, 2.75) is 6.42 Å². The Bertz CT molecular complexity index is 542. The van der Waals surface area contributed by atoms with Crippen molar-refractivity contribution in [1.29, 1.82) is 0 Å². The summed E-state index contributed by atoms with van der Waals surface area (Å²) in [5, 5.41) is 13.3. The highest BCUT2D eigenvalue weighted by molar-refractivity contribution is 7.91. The first-order valence-electron chi connectivity index (χ1n) is 5.37. The minimum atomic E-state index is -2.89. The molecule has 1 saturated heterocycles. The standard InChI is InChI=1S/C9H12N4O4S/c14-13(15)8-4-11-9(12-5-8)10-3-7-1-2-18(16,17)6-7/h4-5,7H,1-3,6H2,(H,10,11,12). The quantitative estimate of drug-likeness (QED) is 0.616. The van der Waals surface area contributed by atoms with Gasteiger partial charge in [-0.15, -0.1) is 0 Å². The number of aromatic nitrogens is 2. The summed E-state index contributed by atoms with van der Waals surface area (Å²) in [6.45, 7) is 0.455. The van der Waals surface area contributed by atoms with Gasteiger partial charge in [0, 0.05) is 6.54 Å². The third-order valence-electron chi connectivity index (χ3n) is 2.72. The van der Waals surface area contributed by atoms with Gasteiger partial charge in [0.25, 0.3) is 0 Å². The first kappa shape index (κ1) is 12.7. The van der Waals surface area contributed by atoms with E-state index >= 15 is 0 Å². The third-order valence-corrected chi connectivity index (χ3v) is 4.56. The van der Waals surface area contributed by atoms with Gasteiger partial charge in [0.2, 0.25) is 5.95 Å². The van der Waals surface area contributed by atoms with Crippen molar-refractivity contribution in [2.24, 2.45) is 5.92 Å². The van der Waals surface area contributed by atoms with Gasteiger partial charge in [0.15, 0.2) is 9.84 Å². The van der Waals surface area contributed by atoms with Crippen LogP contribution < -0.4 is 5.32 Å². The summed E-state index contributed by atoms with van der Waals surface area (Å²) in [5.41, 5.74) is -0.177. The fourth-order valence-electron chi connectivity index (χ4n) is 1.78. The summed E-state index contributed by atoms with van der Waals surface area (Å²) in [6, 6.07) is 0.